The Balaban J connectivity index is 2.15. The SMILES string of the molecule is CC(O)CCN(C)C(=O)CSCC(=O)N1CCOCC1. The molecule has 0 aromatic rings. The fourth-order valence-corrected chi connectivity index (χ4v) is 2.60. The molecule has 1 rings (SSSR count). The van der Waals surface area contributed by atoms with E-state index in [1.54, 1.807) is 23.8 Å². The number of aliphatic hydroxyl groups excluding tert-OH is 1. The Labute approximate surface area is 124 Å². The monoisotopic (exact) mass is 304 g/mol. The molecule has 116 valence electrons. The second-order valence-corrected chi connectivity index (χ2v) is 5.92. The number of morpholine rings is 1. The molecule has 1 unspecified atom stereocenters. The average Bonchev–Trinajstić information content (AvgIpc) is 2.45. The van der Waals surface area contributed by atoms with Gasteiger partial charge in [-0.2, -0.15) is 0 Å². The van der Waals surface area contributed by atoms with Gasteiger partial charge in [-0.05, 0) is 13.3 Å². The first-order valence-electron chi connectivity index (χ1n) is 6.86. The summed E-state index contributed by atoms with van der Waals surface area (Å²) in [5.74, 6) is 0.686. The standard InChI is InChI=1S/C13H24N2O4S/c1-11(16)3-4-14(2)12(17)9-20-10-13(18)15-5-7-19-8-6-15/h11,16H,3-10H2,1-2H3. The molecule has 6 nitrogen and oxygen atoms in total. The number of hydrogen-bond donors (Lipinski definition) is 1. The zero-order valence-corrected chi connectivity index (χ0v) is 13.0. The summed E-state index contributed by atoms with van der Waals surface area (Å²) in [5.41, 5.74) is 0. The Morgan fingerprint density at radius 1 is 1.35 bits per heavy atom. The third-order valence-electron chi connectivity index (χ3n) is 3.12. The van der Waals surface area contributed by atoms with Crippen LogP contribution in [0.2, 0.25) is 0 Å². The summed E-state index contributed by atoms with van der Waals surface area (Å²) in [6.45, 7) is 4.71. The third-order valence-corrected chi connectivity index (χ3v) is 4.03. The van der Waals surface area contributed by atoms with Gasteiger partial charge in [0.1, 0.15) is 0 Å². The van der Waals surface area contributed by atoms with E-state index < -0.39 is 6.10 Å². The van der Waals surface area contributed by atoms with Crippen molar-refractivity contribution >= 4 is 23.6 Å². The average molecular weight is 304 g/mol. The predicted molar refractivity (Wildman–Crippen MR) is 78.7 cm³/mol. The maximum atomic E-state index is 11.9. The second kappa shape index (κ2) is 9.20. The molecule has 0 saturated carbocycles. The number of thioether (sulfide) groups is 1. The molecule has 0 aliphatic carbocycles. The van der Waals surface area contributed by atoms with Crippen LogP contribution in [-0.4, -0.2) is 84.2 Å². The van der Waals surface area contributed by atoms with Gasteiger partial charge in [-0.25, -0.2) is 0 Å². The predicted octanol–water partition coefficient (Wildman–Crippen LogP) is -0.192. The van der Waals surface area contributed by atoms with Crippen molar-refractivity contribution in [2.75, 3.05) is 51.4 Å². The Morgan fingerprint density at radius 3 is 2.60 bits per heavy atom. The van der Waals surface area contributed by atoms with E-state index in [0.717, 1.165) is 0 Å². The highest BCUT2D eigenvalue weighted by Gasteiger charge is 2.17. The number of hydrogen-bond acceptors (Lipinski definition) is 5. The summed E-state index contributed by atoms with van der Waals surface area (Å²) in [7, 11) is 1.72. The van der Waals surface area contributed by atoms with Crippen molar-refractivity contribution in [3.63, 3.8) is 0 Å². The van der Waals surface area contributed by atoms with Crippen molar-refractivity contribution in [1.29, 1.82) is 0 Å². The Bertz CT molecular complexity index is 319. The summed E-state index contributed by atoms with van der Waals surface area (Å²) >= 11 is 1.34. The molecule has 0 aromatic heterocycles. The van der Waals surface area contributed by atoms with Gasteiger partial charge in [0.05, 0.1) is 30.8 Å². The van der Waals surface area contributed by atoms with Crippen LogP contribution >= 0.6 is 11.8 Å². The minimum atomic E-state index is -0.402. The fourth-order valence-electron chi connectivity index (χ4n) is 1.75. The summed E-state index contributed by atoms with van der Waals surface area (Å²) in [6, 6.07) is 0. The summed E-state index contributed by atoms with van der Waals surface area (Å²) in [5, 5.41) is 9.17. The molecule has 0 aromatic carbocycles. The van der Waals surface area contributed by atoms with E-state index >= 15 is 0 Å². The first-order chi connectivity index (χ1) is 9.50. The lowest BCUT2D eigenvalue weighted by Gasteiger charge is -2.26. The van der Waals surface area contributed by atoms with E-state index in [0.29, 0.717) is 50.8 Å². The van der Waals surface area contributed by atoms with Gasteiger partial charge in [0.2, 0.25) is 11.8 Å². The van der Waals surface area contributed by atoms with Crippen LogP contribution in [0.15, 0.2) is 0 Å². The van der Waals surface area contributed by atoms with Gasteiger partial charge >= 0.3 is 0 Å². The van der Waals surface area contributed by atoms with Crippen LogP contribution in [0, 0.1) is 0 Å². The Hall–Kier alpha value is -0.790. The Kier molecular flexibility index (Phi) is 7.94. The van der Waals surface area contributed by atoms with Gasteiger partial charge in [-0.3, -0.25) is 9.59 Å². The van der Waals surface area contributed by atoms with Crippen molar-refractivity contribution in [2.24, 2.45) is 0 Å². The van der Waals surface area contributed by atoms with Crippen LogP contribution in [0.5, 0.6) is 0 Å². The van der Waals surface area contributed by atoms with Crippen molar-refractivity contribution in [3.8, 4) is 0 Å². The highest BCUT2D eigenvalue weighted by atomic mass is 32.2. The molecule has 0 bridgehead atoms. The van der Waals surface area contributed by atoms with E-state index in [4.69, 9.17) is 4.74 Å². The zero-order chi connectivity index (χ0) is 15.0. The maximum absolute atomic E-state index is 11.9. The molecule has 1 N–H and O–H groups in total. The molecule has 0 spiro atoms. The van der Waals surface area contributed by atoms with Gasteiger partial charge in [0.25, 0.3) is 0 Å². The van der Waals surface area contributed by atoms with E-state index in [9.17, 15) is 14.7 Å². The van der Waals surface area contributed by atoms with Crippen LogP contribution in [0.1, 0.15) is 13.3 Å². The third kappa shape index (κ3) is 6.58. The Morgan fingerprint density at radius 2 is 2.00 bits per heavy atom. The van der Waals surface area contributed by atoms with Gasteiger partial charge in [0, 0.05) is 26.7 Å². The molecule has 1 saturated heterocycles. The van der Waals surface area contributed by atoms with E-state index in [1.165, 1.54) is 11.8 Å². The van der Waals surface area contributed by atoms with Crippen LogP contribution in [0.25, 0.3) is 0 Å². The fraction of sp³-hybridized carbons (Fsp3) is 0.846. The summed E-state index contributed by atoms with van der Waals surface area (Å²) in [6.07, 6.45) is 0.167. The topological polar surface area (TPSA) is 70.1 Å². The minimum Gasteiger partial charge on any atom is -0.393 e. The largest absolute Gasteiger partial charge is 0.393 e. The number of amides is 2. The first kappa shape index (κ1) is 17.3. The number of aliphatic hydroxyl groups is 1. The van der Waals surface area contributed by atoms with Gasteiger partial charge < -0.3 is 19.6 Å². The zero-order valence-electron chi connectivity index (χ0n) is 12.2. The van der Waals surface area contributed by atoms with Gasteiger partial charge in [-0.1, -0.05) is 0 Å². The number of rotatable bonds is 7. The van der Waals surface area contributed by atoms with Crippen molar-refractivity contribution < 1.29 is 19.4 Å². The van der Waals surface area contributed by atoms with Crippen LogP contribution in [-0.2, 0) is 14.3 Å². The van der Waals surface area contributed by atoms with Crippen LogP contribution < -0.4 is 0 Å². The molecule has 7 heteroatoms. The summed E-state index contributed by atoms with van der Waals surface area (Å²) in [4.78, 5) is 27.0. The maximum Gasteiger partial charge on any atom is 0.232 e. The lowest BCUT2D eigenvalue weighted by molar-refractivity contribution is -0.132. The lowest BCUT2D eigenvalue weighted by atomic mass is 10.3. The second-order valence-electron chi connectivity index (χ2n) is 4.94. The highest BCUT2D eigenvalue weighted by Crippen LogP contribution is 2.07. The van der Waals surface area contributed by atoms with Crippen molar-refractivity contribution in [2.45, 2.75) is 19.4 Å². The normalized spacial score (nSPS) is 16.9. The van der Waals surface area contributed by atoms with E-state index in [1.807, 2.05) is 0 Å². The molecule has 1 heterocycles. The molecule has 1 aliphatic rings. The molecular formula is C13H24N2O4S. The molecule has 1 atom stereocenters. The van der Waals surface area contributed by atoms with Crippen LogP contribution in [0.4, 0.5) is 0 Å². The van der Waals surface area contributed by atoms with Gasteiger partial charge in [-0.15, -0.1) is 11.8 Å². The molecule has 20 heavy (non-hydrogen) atoms. The molecule has 1 fully saturated rings. The molecule has 0 radical (unpaired) electrons. The first-order valence-corrected chi connectivity index (χ1v) is 8.01. The van der Waals surface area contributed by atoms with E-state index in [2.05, 4.69) is 0 Å². The van der Waals surface area contributed by atoms with Gasteiger partial charge in [0.15, 0.2) is 0 Å². The number of carbonyl (C=O) groups excluding carboxylic acids is 2. The van der Waals surface area contributed by atoms with Crippen molar-refractivity contribution in [1.82, 2.24) is 9.80 Å². The van der Waals surface area contributed by atoms with Crippen LogP contribution in [0.3, 0.4) is 0 Å². The molecule has 1 aliphatic heterocycles. The highest BCUT2D eigenvalue weighted by molar-refractivity contribution is 8.00. The molecule has 2 amide bonds. The summed E-state index contributed by atoms with van der Waals surface area (Å²) < 4.78 is 5.19. The minimum absolute atomic E-state index is 0.00886. The number of ether oxygens (including phenoxy) is 1. The van der Waals surface area contributed by atoms with E-state index in [-0.39, 0.29) is 11.8 Å². The van der Waals surface area contributed by atoms with Crippen molar-refractivity contribution in [3.05, 3.63) is 0 Å². The quantitative estimate of drug-likeness (QED) is 0.706. The lowest BCUT2D eigenvalue weighted by Crippen LogP contribution is -2.41. The number of nitrogens with zero attached hydrogens (tertiary/aromatic N) is 2. The number of carbonyl (C=O) groups is 2. The molecular weight excluding hydrogens is 280 g/mol. The smallest absolute Gasteiger partial charge is 0.232 e.